The fraction of sp³-hybridized carbons (Fsp3) is 0.429. The van der Waals surface area contributed by atoms with Crippen molar-refractivity contribution in [3.05, 3.63) is 33.7 Å². The van der Waals surface area contributed by atoms with Crippen LogP contribution in [-0.2, 0) is 12.8 Å². The van der Waals surface area contributed by atoms with E-state index in [0.29, 0.717) is 17.4 Å². The van der Waals surface area contributed by atoms with Crippen LogP contribution in [0.25, 0.3) is 11.5 Å². The molecule has 2 heterocycles. The Morgan fingerprint density at radius 2 is 2.00 bits per heavy atom. The topological polar surface area (TPSA) is 80.8 Å². The Labute approximate surface area is 116 Å². The number of ether oxygens (including phenoxy) is 1. The van der Waals surface area contributed by atoms with Gasteiger partial charge in [0.15, 0.2) is 5.82 Å². The second kappa shape index (κ2) is 5.40. The number of aryl methyl sites for hydroxylation is 1. The van der Waals surface area contributed by atoms with Crippen LogP contribution in [0.4, 0.5) is 0 Å². The van der Waals surface area contributed by atoms with Gasteiger partial charge in [0.1, 0.15) is 5.69 Å². The number of aromatic nitrogens is 4. The molecular weight excluding hydrogens is 256 g/mol. The molecule has 104 valence electrons. The van der Waals surface area contributed by atoms with Crippen molar-refractivity contribution >= 4 is 0 Å². The van der Waals surface area contributed by atoms with Crippen LogP contribution in [0.2, 0.25) is 0 Å². The molecule has 0 aliphatic heterocycles. The van der Waals surface area contributed by atoms with E-state index in [1.54, 1.807) is 12.1 Å². The van der Waals surface area contributed by atoms with Crippen LogP contribution in [-0.4, -0.2) is 27.3 Å². The van der Waals surface area contributed by atoms with Crippen molar-refractivity contribution in [3.8, 4) is 17.4 Å². The van der Waals surface area contributed by atoms with Gasteiger partial charge in [-0.05, 0) is 31.7 Å². The van der Waals surface area contributed by atoms with E-state index >= 15 is 0 Å². The first kappa shape index (κ1) is 12.8. The van der Waals surface area contributed by atoms with E-state index in [1.807, 2.05) is 0 Å². The molecule has 3 rings (SSSR count). The van der Waals surface area contributed by atoms with E-state index in [0.717, 1.165) is 43.4 Å². The smallest absolute Gasteiger partial charge is 0.254 e. The lowest BCUT2D eigenvalue weighted by atomic mass is 10.1. The van der Waals surface area contributed by atoms with Crippen molar-refractivity contribution < 1.29 is 4.74 Å². The van der Waals surface area contributed by atoms with Gasteiger partial charge in [0, 0.05) is 11.6 Å². The van der Waals surface area contributed by atoms with Gasteiger partial charge in [0.05, 0.1) is 12.8 Å². The molecule has 1 aliphatic rings. The summed E-state index contributed by atoms with van der Waals surface area (Å²) in [6, 6.07) is 3.45. The maximum absolute atomic E-state index is 12.2. The van der Waals surface area contributed by atoms with Crippen LogP contribution >= 0.6 is 0 Å². The first-order valence-corrected chi connectivity index (χ1v) is 6.78. The molecule has 0 saturated heterocycles. The largest absolute Gasteiger partial charge is 0.480 e. The molecule has 0 spiro atoms. The number of hydrogen-bond donors (Lipinski definition) is 1. The minimum Gasteiger partial charge on any atom is -0.480 e. The molecule has 0 saturated carbocycles. The summed E-state index contributed by atoms with van der Waals surface area (Å²) in [4.78, 5) is 19.5. The molecular formula is C14H16N4O2. The Morgan fingerprint density at radius 1 is 1.15 bits per heavy atom. The first-order chi connectivity index (χ1) is 9.78. The highest BCUT2D eigenvalue weighted by atomic mass is 16.5. The molecule has 0 unspecified atom stereocenters. The molecule has 0 amide bonds. The highest BCUT2D eigenvalue weighted by molar-refractivity contribution is 5.49. The Balaban J connectivity index is 2.03. The second-order valence-electron chi connectivity index (χ2n) is 4.86. The van der Waals surface area contributed by atoms with Gasteiger partial charge in [-0.2, -0.15) is 0 Å². The third kappa shape index (κ3) is 2.41. The van der Waals surface area contributed by atoms with Crippen molar-refractivity contribution in [3.63, 3.8) is 0 Å². The molecule has 0 aromatic carbocycles. The lowest BCUT2D eigenvalue weighted by molar-refractivity contribution is 0.392. The van der Waals surface area contributed by atoms with Crippen LogP contribution in [0.3, 0.4) is 0 Å². The third-order valence-electron chi connectivity index (χ3n) is 3.53. The fourth-order valence-electron chi connectivity index (χ4n) is 2.46. The standard InChI is InChI=1S/C14H16N4O2/c1-20-12-8-7-11(17-18-12)13-15-10-6-4-2-3-5-9(10)14(19)16-13/h7-8H,2-6H2,1H3,(H,15,16,19). The van der Waals surface area contributed by atoms with E-state index in [2.05, 4.69) is 20.2 Å². The minimum absolute atomic E-state index is 0.0514. The van der Waals surface area contributed by atoms with E-state index in [1.165, 1.54) is 7.11 Å². The summed E-state index contributed by atoms with van der Waals surface area (Å²) in [5.74, 6) is 0.914. The molecule has 20 heavy (non-hydrogen) atoms. The maximum Gasteiger partial charge on any atom is 0.254 e. The van der Waals surface area contributed by atoms with Crippen LogP contribution in [0, 0.1) is 0 Å². The lowest BCUT2D eigenvalue weighted by Crippen LogP contribution is -2.18. The van der Waals surface area contributed by atoms with Crippen LogP contribution in [0.1, 0.15) is 30.5 Å². The summed E-state index contributed by atoms with van der Waals surface area (Å²) in [5, 5.41) is 7.93. The summed E-state index contributed by atoms with van der Waals surface area (Å²) in [5.41, 5.74) is 2.23. The van der Waals surface area contributed by atoms with Crippen molar-refractivity contribution in [2.24, 2.45) is 0 Å². The number of hydrogen-bond acceptors (Lipinski definition) is 5. The summed E-state index contributed by atoms with van der Waals surface area (Å²) >= 11 is 0. The number of aromatic amines is 1. The van der Waals surface area contributed by atoms with Crippen LogP contribution in [0.5, 0.6) is 5.88 Å². The van der Waals surface area contributed by atoms with Crippen LogP contribution < -0.4 is 10.3 Å². The highest BCUT2D eigenvalue weighted by Crippen LogP contribution is 2.19. The van der Waals surface area contributed by atoms with E-state index in [9.17, 15) is 4.79 Å². The number of fused-ring (bicyclic) bond motifs is 1. The van der Waals surface area contributed by atoms with Gasteiger partial charge in [0.2, 0.25) is 5.88 Å². The minimum atomic E-state index is -0.0514. The summed E-state index contributed by atoms with van der Waals surface area (Å²) in [6.45, 7) is 0. The van der Waals surface area contributed by atoms with Gasteiger partial charge < -0.3 is 9.72 Å². The molecule has 1 N–H and O–H groups in total. The molecule has 6 heteroatoms. The van der Waals surface area contributed by atoms with Crippen molar-refractivity contribution in [1.29, 1.82) is 0 Å². The van der Waals surface area contributed by atoms with Crippen molar-refractivity contribution in [1.82, 2.24) is 20.2 Å². The quantitative estimate of drug-likeness (QED) is 0.838. The zero-order chi connectivity index (χ0) is 13.9. The van der Waals surface area contributed by atoms with Gasteiger partial charge in [-0.3, -0.25) is 4.79 Å². The molecule has 0 radical (unpaired) electrons. The molecule has 2 aromatic rings. The van der Waals surface area contributed by atoms with E-state index in [4.69, 9.17) is 4.74 Å². The highest BCUT2D eigenvalue weighted by Gasteiger charge is 2.15. The van der Waals surface area contributed by atoms with Gasteiger partial charge in [-0.25, -0.2) is 4.98 Å². The number of nitrogens with one attached hydrogen (secondary N) is 1. The molecule has 6 nitrogen and oxygen atoms in total. The Hall–Kier alpha value is -2.24. The fourth-order valence-corrected chi connectivity index (χ4v) is 2.46. The van der Waals surface area contributed by atoms with Crippen molar-refractivity contribution in [2.75, 3.05) is 7.11 Å². The Morgan fingerprint density at radius 3 is 2.75 bits per heavy atom. The Bertz CT molecular complexity index is 664. The number of H-pyrrole nitrogens is 1. The van der Waals surface area contributed by atoms with Crippen LogP contribution in [0.15, 0.2) is 16.9 Å². The van der Waals surface area contributed by atoms with E-state index in [-0.39, 0.29) is 5.56 Å². The van der Waals surface area contributed by atoms with E-state index < -0.39 is 0 Å². The monoisotopic (exact) mass is 272 g/mol. The third-order valence-corrected chi connectivity index (χ3v) is 3.53. The Kier molecular flexibility index (Phi) is 3.45. The molecule has 1 aliphatic carbocycles. The summed E-state index contributed by atoms with van der Waals surface area (Å²) < 4.78 is 4.97. The predicted octanol–water partition coefficient (Wildman–Crippen LogP) is 1.50. The van der Waals surface area contributed by atoms with Gasteiger partial charge in [0.25, 0.3) is 5.56 Å². The molecule has 0 bridgehead atoms. The number of methoxy groups -OCH3 is 1. The predicted molar refractivity (Wildman–Crippen MR) is 73.7 cm³/mol. The average molecular weight is 272 g/mol. The van der Waals surface area contributed by atoms with Crippen molar-refractivity contribution in [2.45, 2.75) is 32.1 Å². The SMILES string of the molecule is COc1ccc(-c2nc3c(c(=O)[nH]2)CCCCC3)nn1. The molecule has 0 atom stereocenters. The second-order valence-corrected chi connectivity index (χ2v) is 4.86. The lowest BCUT2D eigenvalue weighted by Gasteiger charge is -2.06. The van der Waals surface area contributed by atoms with Gasteiger partial charge >= 0.3 is 0 Å². The first-order valence-electron chi connectivity index (χ1n) is 6.78. The zero-order valence-corrected chi connectivity index (χ0v) is 11.3. The zero-order valence-electron chi connectivity index (χ0n) is 11.3. The molecule has 2 aromatic heterocycles. The normalized spacial score (nSPS) is 14.4. The maximum atomic E-state index is 12.2. The number of nitrogens with zero attached hydrogens (tertiary/aromatic N) is 3. The summed E-state index contributed by atoms with van der Waals surface area (Å²) in [7, 11) is 1.53. The summed E-state index contributed by atoms with van der Waals surface area (Å²) in [6.07, 6.45) is 4.95. The van der Waals surface area contributed by atoms with Gasteiger partial charge in [-0.1, -0.05) is 6.42 Å². The average Bonchev–Trinajstić information content (AvgIpc) is 2.73. The van der Waals surface area contributed by atoms with Gasteiger partial charge in [-0.15, -0.1) is 10.2 Å². The molecule has 0 fully saturated rings. The number of rotatable bonds is 2.